The van der Waals surface area contributed by atoms with Gasteiger partial charge in [-0.25, -0.2) is 4.98 Å². The van der Waals surface area contributed by atoms with Crippen molar-refractivity contribution in [3.8, 4) is 0 Å². The highest BCUT2D eigenvalue weighted by Gasteiger charge is 2.10. The molecule has 2 heterocycles. The van der Waals surface area contributed by atoms with E-state index in [1.54, 1.807) is 0 Å². The summed E-state index contributed by atoms with van der Waals surface area (Å²) in [6, 6.07) is 24.4. The van der Waals surface area contributed by atoms with Crippen molar-refractivity contribution in [3.63, 3.8) is 0 Å². The quantitative estimate of drug-likeness (QED) is 0.196. The SMILES string of the molecule is CN(C)CCCNc1cc(/C=C/c2cn(Cc3ccccc3Cl)c3ccccc23)nc2ccc(Cl)cc12. The van der Waals surface area contributed by atoms with Crippen LogP contribution >= 0.6 is 23.2 Å². The Kier molecular flexibility index (Phi) is 7.80. The van der Waals surface area contributed by atoms with Gasteiger partial charge in [-0.2, -0.15) is 0 Å². The highest BCUT2D eigenvalue weighted by molar-refractivity contribution is 6.31. The fraction of sp³-hybridized carbons (Fsp3) is 0.194. The molecule has 188 valence electrons. The molecule has 0 radical (unpaired) electrons. The molecule has 5 rings (SSSR count). The lowest BCUT2D eigenvalue weighted by atomic mass is 10.1. The van der Waals surface area contributed by atoms with Crippen LogP contribution < -0.4 is 5.32 Å². The molecule has 1 N–H and O–H groups in total. The van der Waals surface area contributed by atoms with Gasteiger partial charge in [0.15, 0.2) is 0 Å². The van der Waals surface area contributed by atoms with Gasteiger partial charge in [0.05, 0.1) is 11.2 Å². The first-order valence-electron chi connectivity index (χ1n) is 12.5. The number of fused-ring (bicyclic) bond motifs is 2. The Labute approximate surface area is 228 Å². The molecule has 3 aromatic carbocycles. The number of benzene rings is 3. The Bertz CT molecular complexity index is 1570. The van der Waals surface area contributed by atoms with Crippen LogP contribution in [0.2, 0.25) is 10.0 Å². The zero-order valence-corrected chi connectivity index (χ0v) is 22.6. The zero-order valence-electron chi connectivity index (χ0n) is 21.1. The molecule has 0 spiro atoms. The van der Waals surface area contributed by atoms with Crippen molar-refractivity contribution < 1.29 is 0 Å². The summed E-state index contributed by atoms with van der Waals surface area (Å²) in [6.07, 6.45) is 7.46. The Balaban J connectivity index is 1.47. The van der Waals surface area contributed by atoms with E-state index in [0.717, 1.165) is 57.9 Å². The number of anilines is 1. The third kappa shape index (κ3) is 5.99. The first-order valence-corrected chi connectivity index (χ1v) is 13.2. The predicted molar refractivity (Wildman–Crippen MR) is 160 cm³/mol. The van der Waals surface area contributed by atoms with E-state index in [2.05, 4.69) is 83.6 Å². The van der Waals surface area contributed by atoms with Gasteiger partial charge in [-0.05, 0) is 75.1 Å². The van der Waals surface area contributed by atoms with Crippen LogP contribution in [0.3, 0.4) is 0 Å². The molecule has 0 amide bonds. The summed E-state index contributed by atoms with van der Waals surface area (Å²) in [4.78, 5) is 7.09. The topological polar surface area (TPSA) is 33.1 Å². The lowest BCUT2D eigenvalue weighted by Gasteiger charge is -2.13. The summed E-state index contributed by atoms with van der Waals surface area (Å²) in [5.41, 5.74) is 6.27. The summed E-state index contributed by atoms with van der Waals surface area (Å²) < 4.78 is 2.25. The summed E-state index contributed by atoms with van der Waals surface area (Å²) in [7, 11) is 4.19. The number of para-hydroxylation sites is 1. The maximum atomic E-state index is 6.45. The van der Waals surface area contributed by atoms with Gasteiger partial charge >= 0.3 is 0 Å². The fourth-order valence-corrected chi connectivity index (χ4v) is 4.96. The second kappa shape index (κ2) is 11.4. The molecule has 0 aliphatic rings. The maximum absolute atomic E-state index is 6.45. The average Bonchev–Trinajstić information content (AvgIpc) is 3.24. The van der Waals surface area contributed by atoms with E-state index in [0.29, 0.717) is 11.6 Å². The summed E-state index contributed by atoms with van der Waals surface area (Å²) in [5, 5.41) is 7.32. The van der Waals surface area contributed by atoms with Gasteiger partial charge in [0, 0.05) is 56.9 Å². The second-order valence-corrected chi connectivity index (χ2v) is 10.3. The standard InChI is InChI=1S/C31H30Cl2N4/c1-36(2)17-7-16-34-30-19-25(35-29-15-13-24(32)18-27(29)30)14-12-22-20-37(31-11-6-4-9-26(22)31)21-23-8-3-5-10-28(23)33/h3-6,8-15,18-20H,7,16-17,21H2,1-2H3,(H,34,35)/b14-12+. The number of hydrogen-bond acceptors (Lipinski definition) is 3. The van der Waals surface area contributed by atoms with Crippen molar-refractivity contribution in [2.75, 3.05) is 32.5 Å². The number of nitrogens with one attached hydrogen (secondary N) is 1. The van der Waals surface area contributed by atoms with E-state index < -0.39 is 0 Å². The van der Waals surface area contributed by atoms with Gasteiger partial charge < -0.3 is 14.8 Å². The third-order valence-corrected chi connectivity index (χ3v) is 7.04. The van der Waals surface area contributed by atoms with Crippen LogP contribution in [-0.4, -0.2) is 41.6 Å². The smallest absolute Gasteiger partial charge is 0.0731 e. The molecular weight excluding hydrogens is 499 g/mol. The van der Waals surface area contributed by atoms with Gasteiger partial charge in [-0.3, -0.25) is 0 Å². The largest absolute Gasteiger partial charge is 0.384 e. The molecule has 37 heavy (non-hydrogen) atoms. The van der Waals surface area contributed by atoms with Crippen molar-refractivity contribution >= 4 is 62.8 Å². The highest BCUT2D eigenvalue weighted by Crippen LogP contribution is 2.29. The average molecular weight is 530 g/mol. The number of pyridine rings is 1. The van der Waals surface area contributed by atoms with Gasteiger partial charge in [0.1, 0.15) is 0 Å². The molecule has 0 unspecified atom stereocenters. The van der Waals surface area contributed by atoms with Gasteiger partial charge in [-0.1, -0.05) is 65.7 Å². The lowest BCUT2D eigenvalue weighted by Crippen LogP contribution is -2.16. The minimum atomic E-state index is 0.709. The Morgan fingerprint density at radius 1 is 0.919 bits per heavy atom. The summed E-state index contributed by atoms with van der Waals surface area (Å²) >= 11 is 12.8. The van der Waals surface area contributed by atoms with Crippen molar-refractivity contribution in [2.24, 2.45) is 0 Å². The summed E-state index contributed by atoms with van der Waals surface area (Å²) in [5.74, 6) is 0. The van der Waals surface area contributed by atoms with Gasteiger partial charge in [0.25, 0.3) is 0 Å². The Hall–Kier alpha value is -3.31. The molecule has 0 aliphatic heterocycles. The van der Waals surface area contributed by atoms with Crippen molar-refractivity contribution in [1.82, 2.24) is 14.5 Å². The minimum absolute atomic E-state index is 0.709. The number of hydrogen-bond donors (Lipinski definition) is 1. The number of halogens is 2. The van der Waals surface area contributed by atoms with Crippen LogP contribution in [0.1, 0.15) is 23.2 Å². The van der Waals surface area contributed by atoms with Crippen LogP contribution in [0.25, 0.3) is 34.0 Å². The predicted octanol–water partition coefficient (Wildman–Crippen LogP) is 8.08. The minimum Gasteiger partial charge on any atom is -0.384 e. The lowest BCUT2D eigenvalue weighted by molar-refractivity contribution is 0.405. The van der Waals surface area contributed by atoms with Crippen molar-refractivity contribution in [3.05, 3.63) is 106 Å². The van der Waals surface area contributed by atoms with Crippen molar-refractivity contribution in [2.45, 2.75) is 13.0 Å². The number of nitrogens with zero attached hydrogens (tertiary/aromatic N) is 3. The van der Waals surface area contributed by atoms with E-state index >= 15 is 0 Å². The molecule has 4 nitrogen and oxygen atoms in total. The van der Waals surface area contributed by atoms with E-state index in [1.165, 1.54) is 10.9 Å². The first-order chi connectivity index (χ1) is 18.0. The van der Waals surface area contributed by atoms with Gasteiger partial charge in [-0.15, -0.1) is 0 Å². The molecule has 6 heteroatoms. The highest BCUT2D eigenvalue weighted by atomic mass is 35.5. The van der Waals surface area contributed by atoms with Crippen LogP contribution in [0.5, 0.6) is 0 Å². The third-order valence-electron chi connectivity index (χ3n) is 6.44. The molecule has 0 saturated heterocycles. The number of aromatic nitrogens is 2. The molecular formula is C31H30Cl2N4. The molecule has 0 atom stereocenters. The van der Waals surface area contributed by atoms with Crippen LogP contribution in [-0.2, 0) is 6.54 Å². The molecule has 0 bridgehead atoms. The van der Waals surface area contributed by atoms with E-state index in [4.69, 9.17) is 28.2 Å². The zero-order chi connectivity index (χ0) is 25.8. The monoisotopic (exact) mass is 528 g/mol. The Morgan fingerprint density at radius 2 is 1.73 bits per heavy atom. The number of rotatable bonds is 9. The van der Waals surface area contributed by atoms with Crippen LogP contribution in [0.4, 0.5) is 5.69 Å². The first kappa shape index (κ1) is 25.3. The normalized spacial score (nSPS) is 11.8. The molecule has 2 aromatic heterocycles. The molecule has 0 fully saturated rings. The fourth-order valence-electron chi connectivity index (χ4n) is 4.59. The summed E-state index contributed by atoms with van der Waals surface area (Å²) in [6.45, 7) is 2.62. The van der Waals surface area contributed by atoms with Crippen LogP contribution in [0, 0.1) is 0 Å². The second-order valence-electron chi connectivity index (χ2n) is 9.49. The molecule has 0 saturated carbocycles. The molecule has 5 aromatic rings. The Morgan fingerprint density at radius 3 is 2.57 bits per heavy atom. The van der Waals surface area contributed by atoms with Crippen LogP contribution in [0.15, 0.2) is 79.0 Å². The van der Waals surface area contributed by atoms with E-state index in [-0.39, 0.29) is 0 Å². The van der Waals surface area contributed by atoms with Gasteiger partial charge in [0.2, 0.25) is 0 Å². The van der Waals surface area contributed by atoms with E-state index in [1.807, 2.05) is 36.4 Å². The van der Waals surface area contributed by atoms with E-state index in [9.17, 15) is 0 Å². The maximum Gasteiger partial charge on any atom is 0.0731 e. The molecule has 0 aliphatic carbocycles. The van der Waals surface area contributed by atoms with Crippen molar-refractivity contribution in [1.29, 1.82) is 0 Å².